The summed E-state index contributed by atoms with van der Waals surface area (Å²) in [5.41, 5.74) is 0.880. The van der Waals surface area contributed by atoms with Crippen molar-refractivity contribution < 1.29 is 14.7 Å². The van der Waals surface area contributed by atoms with Gasteiger partial charge in [-0.2, -0.15) is 0 Å². The highest BCUT2D eigenvalue weighted by atomic mass is 32.2. The topological polar surface area (TPSA) is 70.5 Å². The fourth-order valence-electron chi connectivity index (χ4n) is 1.62. The molecule has 1 aromatic rings. The van der Waals surface area contributed by atoms with E-state index in [9.17, 15) is 9.59 Å². The summed E-state index contributed by atoms with van der Waals surface area (Å²) >= 11 is 1.24. The van der Waals surface area contributed by atoms with Crippen LogP contribution in [0, 0.1) is 6.92 Å². The summed E-state index contributed by atoms with van der Waals surface area (Å²) in [6.45, 7) is 6.96. The van der Waals surface area contributed by atoms with E-state index in [0.717, 1.165) is 5.69 Å². The number of carbonyl (C=O) groups excluding carboxylic acids is 1. The van der Waals surface area contributed by atoms with E-state index in [4.69, 9.17) is 5.11 Å². The predicted octanol–water partition coefficient (Wildman–Crippen LogP) is 2.05. The first-order valence-electron chi connectivity index (χ1n) is 6.10. The molecule has 19 heavy (non-hydrogen) atoms. The van der Waals surface area contributed by atoms with Crippen LogP contribution in [0.2, 0.25) is 0 Å². The molecule has 0 saturated carbocycles. The van der Waals surface area contributed by atoms with Gasteiger partial charge in [-0.25, -0.2) is 4.79 Å². The Hall–Kier alpha value is -1.56. The van der Waals surface area contributed by atoms with Crippen LogP contribution in [0.5, 0.6) is 0 Å². The minimum atomic E-state index is -1.02. The average Bonchev–Trinajstić information content (AvgIpc) is 2.37. The van der Waals surface area contributed by atoms with Gasteiger partial charge >= 0.3 is 5.97 Å². The van der Waals surface area contributed by atoms with Crippen molar-refractivity contribution in [3.63, 3.8) is 0 Å². The molecule has 0 aromatic carbocycles. The number of carboxylic acid groups (broad SMARTS) is 1. The number of nitrogens with zero attached hydrogens (tertiary/aromatic N) is 2. The van der Waals surface area contributed by atoms with E-state index in [1.54, 1.807) is 17.9 Å². The Labute approximate surface area is 117 Å². The molecule has 5 nitrogen and oxygen atoms in total. The molecule has 0 aliphatic carbocycles. The number of hydrogen-bond donors (Lipinski definition) is 1. The Bertz CT molecular complexity index is 473. The third-order valence-corrected chi connectivity index (χ3v) is 3.74. The fourth-order valence-corrected chi connectivity index (χ4v) is 2.63. The molecule has 1 N–H and O–H groups in total. The molecule has 1 rings (SSSR count). The van der Waals surface area contributed by atoms with Gasteiger partial charge in [-0.05, 0) is 26.8 Å². The number of amides is 1. The highest BCUT2D eigenvalue weighted by molar-refractivity contribution is 8.00. The summed E-state index contributed by atoms with van der Waals surface area (Å²) in [6, 6.07) is 1.70. The molecule has 1 aromatic heterocycles. The van der Waals surface area contributed by atoms with Gasteiger partial charge < -0.3 is 10.0 Å². The maximum Gasteiger partial charge on any atom is 0.338 e. The Balaban J connectivity index is 2.79. The first-order chi connectivity index (χ1) is 8.99. The van der Waals surface area contributed by atoms with Crippen LogP contribution in [0.3, 0.4) is 0 Å². The normalized spacial score (nSPS) is 10.3. The molecule has 0 atom stereocenters. The number of aromatic carboxylic acids is 1. The first-order valence-corrected chi connectivity index (χ1v) is 7.08. The highest BCUT2D eigenvalue weighted by Crippen LogP contribution is 2.23. The lowest BCUT2D eigenvalue weighted by Gasteiger charge is -2.18. The molecule has 0 saturated heterocycles. The molecule has 0 radical (unpaired) electrons. The van der Waals surface area contributed by atoms with Crippen LogP contribution < -0.4 is 0 Å². The number of aromatic nitrogens is 1. The predicted molar refractivity (Wildman–Crippen MR) is 74.6 cm³/mol. The summed E-state index contributed by atoms with van der Waals surface area (Å²) in [4.78, 5) is 29.2. The lowest BCUT2D eigenvalue weighted by molar-refractivity contribution is -0.127. The number of carboxylic acids is 1. The molecule has 0 spiro atoms. The number of hydrogen-bond acceptors (Lipinski definition) is 4. The Kier molecular flexibility index (Phi) is 5.82. The van der Waals surface area contributed by atoms with E-state index in [2.05, 4.69) is 4.98 Å². The molecular formula is C13H18N2O3S. The lowest BCUT2D eigenvalue weighted by atomic mass is 10.2. The largest absolute Gasteiger partial charge is 0.478 e. The summed E-state index contributed by atoms with van der Waals surface area (Å²) < 4.78 is 0. The number of rotatable bonds is 6. The second-order valence-electron chi connectivity index (χ2n) is 3.98. The first kappa shape index (κ1) is 15.5. The Morgan fingerprint density at radius 1 is 1.37 bits per heavy atom. The zero-order valence-electron chi connectivity index (χ0n) is 11.3. The molecule has 6 heteroatoms. The third-order valence-electron chi connectivity index (χ3n) is 2.70. The smallest absolute Gasteiger partial charge is 0.338 e. The van der Waals surface area contributed by atoms with Gasteiger partial charge in [0.1, 0.15) is 0 Å². The summed E-state index contributed by atoms with van der Waals surface area (Å²) in [5.74, 6) is -0.767. The average molecular weight is 282 g/mol. The molecule has 1 heterocycles. The number of pyridine rings is 1. The van der Waals surface area contributed by atoms with E-state index < -0.39 is 5.97 Å². The summed E-state index contributed by atoms with van der Waals surface area (Å²) in [5, 5.41) is 9.07. The number of carbonyl (C=O) groups is 2. The van der Waals surface area contributed by atoms with Gasteiger partial charge in [0.2, 0.25) is 5.91 Å². The van der Waals surface area contributed by atoms with Gasteiger partial charge in [0.15, 0.2) is 0 Å². The van der Waals surface area contributed by atoms with Gasteiger partial charge in [0.25, 0.3) is 0 Å². The van der Waals surface area contributed by atoms with Gasteiger partial charge in [0.05, 0.1) is 11.3 Å². The van der Waals surface area contributed by atoms with Crippen LogP contribution in [-0.4, -0.2) is 45.7 Å². The van der Waals surface area contributed by atoms with Crippen molar-refractivity contribution in [1.82, 2.24) is 9.88 Å². The van der Waals surface area contributed by atoms with Gasteiger partial charge in [-0.3, -0.25) is 9.78 Å². The second-order valence-corrected chi connectivity index (χ2v) is 5.00. The van der Waals surface area contributed by atoms with Crippen molar-refractivity contribution in [3.05, 3.63) is 23.5 Å². The van der Waals surface area contributed by atoms with Crippen LogP contribution in [0.1, 0.15) is 29.9 Å². The number of thioether (sulfide) groups is 1. The quantitative estimate of drug-likeness (QED) is 0.809. The standard InChI is InChI=1S/C13H18N2O3S/c1-4-15(5-2)12(16)8-19-11-6-9(3)14-7-10(11)13(17)18/h6-7H,4-5,8H2,1-3H3,(H,17,18). The Morgan fingerprint density at radius 3 is 2.53 bits per heavy atom. The van der Waals surface area contributed by atoms with E-state index in [1.165, 1.54) is 18.0 Å². The van der Waals surface area contributed by atoms with E-state index in [0.29, 0.717) is 18.0 Å². The monoisotopic (exact) mass is 282 g/mol. The van der Waals surface area contributed by atoms with Crippen LogP contribution in [0.4, 0.5) is 0 Å². The van der Waals surface area contributed by atoms with E-state index >= 15 is 0 Å². The molecule has 0 unspecified atom stereocenters. The molecule has 0 aliphatic heterocycles. The summed E-state index contributed by atoms with van der Waals surface area (Å²) in [7, 11) is 0. The van der Waals surface area contributed by atoms with E-state index in [-0.39, 0.29) is 17.2 Å². The summed E-state index contributed by atoms with van der Waals surface area (Å²) in [6.07, 6.45) is 1.34. The second kappa shape index (κ2) is 7.13. The van der Waals surface area contributed by atoms with E-state index in [1.807, 2.05) is 13.8 Å². The zero-order chi connectivity index (χ0) is 14.4. The molecule has 104 valence electrons. The maximum absolute atomic E-state index is 11.9. The van der Waals surface area contributed by atoms with Crippen molar-refractivity contribution in [2.45, 2.75) is 25.7 Å². The van der Waals surface area contributed by atoms with Crippen molar-refractivity contribution in [1.29, 1.82) is 0 Å². The van der Waals surface area contributed by atoms with Crippen molar-refractivity contribution in [2.75, 3.05) is 18.8 Å². The third kappa shape index (κ3) is 4.24. The van der Waals surface area contributed by atoms with Crippen LogP contribution in [-0.2, 0) is 4.79 Å². The molecule has 0 fully saturated rings. The van der Waals surface area contributed by atoms with Crippen molar-refractivity contribution in [3.8, 4) is 0 Å². The van der Waals surface area contributed by atoms with Crippen molar-refractivity contribution in [2.24, 2.45) is 0 Å². The maximum atomic E-state index is 11.9. The van der Waals surface area contributed by atoms with Gasteiger partial charge in [-0.15, -0.1) is 11.8 Å². The van der Waals surface area contributed by atoms with Crippen LogP contribution >= 0.6 is 11.8 Å². The Morgan fingerprint density at radius 2 is 2.00 bits per heavy atom. The molecular weight excluding hydrogens is 264 g/mol. The van der Waals surface area contributed by atoms with Crippen LogP contribution in [0.15, 0.2) is 17.2 Å². The lowest BCUT2D eigenvalue weighted by Crippen LogP contribution is -2.31. The fraction of sp³-hybridized carbons (Fsp3) is 0.462. The molecule has 1 amide bonds. The number of aryl methyl sites for hydroxylation is 1. The van der Waals surface area contributed by atoms with Crippen LogP contribution in [0.25, 0.3) is 0 Å². The van der Waals surface area contributed by atoms with Gasteiger partial charge in [-0.1, -0.05) is 0 Å². The minimum absolute atomic E-state index is 0.0146. The molecule has 0 aliphatic rings. The van der Waals surface area contributed by atoms with Crippen molar-refractivity contribution >= 4 is 23.6 Å². The minimum Gasteiger partial charge on any atom is -0.478 e. The van der Waals surface area contributed by atoms with Gasteiger partial charge in [0, 0.05) is 29.9 Å². The zero-order valence-corrected chi connectivity index (χ0v) is 12.2. The molecule has 0 bridgehead atoms. The highest BCUT2D eigenvalue weighted by Gasteiger charge is 2.15. The SMILES string of the molecule is CCN(CC)C(=O)CSc1cc(C)ncc1C(=O)O.